The molecule has 0 aliphatic carbocycles. The molecule has 0 amide bonds. The van der Waals surface area contributed by atoms with E-state index in [1.165, 1.54) is 36.4 Å². The van der Waals surface area contributed by atoms with Crippen molar-refractivity contribution in [2.75, 3.05) is 5.43 Å². The van der Waals surface area contributed by atoms with Gasteiger partial charge in [-0.05, 0) is 36.4 Å². The third-order valence-electron chi connectivity index (χ3n) is 4.44. The minimum absolute atomic E-state index is 0.0173. The number of hydrazone groups is 1. The van der Waals surface area contributed by atoms with Crippen molar-refractivity contribution in [3.8, 4) is 5.75 Å². The van der Waals surface area contributed by atoms with Crippen molar-refractivity contribution in [2.24, 2.45) is 15.3 Å². The summed E-state index contributed by atoms with van der Waals surface area (Å²) in [7, 11) is -3.77. The highest BCUT2D eigenvalue weighted by molar-refractivity contribution is 7.94. The fraction of sp³-hybridized carbons (Fsp3) is 0. The van der Waals surface area contributed by atoms with Gasteiger partial charge in [0, 0.05) is 15.9 Å². The summed E-state index contributed by atoms with van der Waals surface area (Å²) < 4.78 is 28.5. The summed E-state index contributed by atoms with van der Waals surface area (Å²) in [6.07, 6.45) is 0. The molecule has 0 atom stereocenters. The summed E-state index contributed by atoms with van der Waals surface area (Å²) in [4.78, 5) is 11.8. The SMILES string of the molecule is C=CS(=O)(=O)c1ccc(O)c(NN=C(N=Nc2cc(SOOO)ccc2C(=O)O)c2ccccc2)c1. The van der Waals surface area contributed by atoms with Crippen molar-refractivity contribution in [3.05, 3.63) is 89.8 Å². The predicted molar refractivity (Wildman–Crippen MR) is 131 cm³/mol. The number of rotatable bonds is 10. The minimum atomic E-state index is -3.77. The number of nitrogens with one attached hydrogen (secondary N) is 1. The maximum atomic E-state index is 12.1. The summed E-state index contributed by atoms with van der Waals surface area (Å²) in [5.41, 5.74) is 2.77. The van der Waals surface area contributed by atoms with Gasteiger partial charge in [0.2, 0.25) is 5.84 Å². The van der Waals surface area contributed by atoms with E-state index in [4.69, 9.17) is 5.26 Å². The van der Waals surface area contributed by atoms with Gasteiger partial charge in [0.25, 0.3) is 0 Å². The smallest absolute Gasteiger partial charge is 0.337 e. The second kappa shape index (κ2) is 12.1. The number of carboxylic acid groups (broad SMARTS) is 1. The van der Waals surface area contributed by atoms with Crippen LogP contribution in [0, 0.1) is 0 Å². The van der Waals surface area contributed by atoms with E-state index in [0.717, 1.165) is 5.41 Å². The monoisotopic (exact) mass is 530 g/mol. The second-order valence-electron chi connectivity index (χ2n) is 6.71. The molecule has 0 bridgehead atoms. The number of benzene rings is 3. The Morgan fingerprint density at radius 2 is 1.83 bits per heavy atom. The predicted octanol–water partition coefficient (Wildman–Crippen LogP) is 4.99. The van der Waals surface area contributed by atoms with Gasteiger partial charge in [0.1, 0.15) is 11.4 Å². The van der Waals surface area contributed by atoms with Crippen molar-refractivity contribution >= 4 is 45.1 Å². The molecule has 12 nitrogen and oxygen atoms in total. The summed E-state index contributed by atoms with van der Waals surface area (Å²) in [6, 6.07) is 16.1. The van der Waals surface area contributed by atoms with Gasteiger partial charge in [0.05, 0.1) is 28.2 Å². The Bertz CT molecular complexity index is 1430. The van der Waals surface area contributed by atoms with Gasteiger partial charge in [-0.1, -0.05) is 41.9 Å². The highest BCUT2D eigenvalue weighted by Gasteiger charge is 2.14. The number of carboxylic acids is 1. The first-order valence-corrected chi connectivity index (χ1v) is 12.1. The van der Waals surface area contributed by atoms with Crippen LogP contribution in [-0.4, -0.2) is 35.7 Å². The Hall–Kier alpha value is -4.08. The zero-order valence-corrected chi connectivity index (χ0v) is 19.8. The summed E-state index contributed by atoms with van der Waals surface area (Å²) in [6.45, 7) is 3.27. The molecule has 3 rings (SSSR count). The van der Waals surface area contributed by atoms with Crippen LogP contribution in [0.3, 0.4) is 0 Å². The molecule has 0 aromatic heterocycles. The van der Waals surface area contributed by atoms with E-state index >= 15 is 0 Å². The number of carbonyl (C=O) groups is 1. The van der Waals surface area contributed by atoms with Gasteiger partial charge in [-0.15, -0.1) is 14.6 Å². The number of amidine groups is 1. The highest BCUT2D eigenvalue weighted by Crippen LogP contribution is 2.29. The highest BCUT2D eigenvalue weighted by atomic mass is 32.2. The molecule has 0 aliphatic heterocycles. The third-order valence-corrected chi connectivity index (χ3v) is 6.37. The molecule has 0 saturated carbocycles. The number of hydrogen-bond acceptors (Lipinski definition) is 11. The van der Waals surface area contributed by atoms with Crippen LogP contribution in [0.4, 0.5) is 11.4 Å². The minimum Gasteiger partial charge on any atom is -0.506 e. The molecule has 0 saturated heterocycles. The Balaban J connectivity index is 2.02. The molecular formula is C22H18N4O8S2. The molecule has 36 heavy (non-hydrogen) atoms. The number of aromatic hydroxyl groups is 1. The number of azo groups is 1. The Labute approximate surface area is 209 Å². The molecule has 0 heterocycles. The van der Waals surface area contributed by atoms with Crippen LogP contribution >= 0.6 is 12.0 Å². The van der Waals surface area contributed by atoms with Crippen molar-refractivity contribution in [3.63, 3.8) is 0 Å². The van der Waals surface area contributed by atoms with Gasteiger partial charge in [-0.3, -0.25) is 5.43 Å². The van der Waals surface area contributed by atoms with E-state index in [-0.39, 0.29) is 33.4 Å². The number of hydrogen-bond donors (Lipinski definition) is 4. The molecular weight excluding hydrogens is 512 g/mol. The normalized spacial score (nSPS) is 12.0. The first-order chi connectivity index (χ1) is 17.2. The zero-order valence-electron chi connectivity index (χ0n) is 18.2. The Morgan fingerprint density at radius 1 is 1.08 bits per heavy atom. The maximum Gasteiger partial charge on any atom is 0.337 e. The average Bonchev–Trinajstić information content (AvgIpc) is 2.88. The molecule has 0 spiro atoms. The topological polar surface area (TPSA) is 179 Å². The van der Waals surface area contributed by atoms with E-state index in [1.807, 2.05) is 0 Å². The van der Waals surface area contributed by atoms with E-state index in [2.05, 4.69) is 36.7 Å². The van der Waals surface area contributed by atoms with Crippen LogP contribution in [0.1, 0.15) is 15.9 Å². The van der Waals surface area contributed by atoms with Gasteiger partial charge in [-0.2, -0.15) is 5.10 Å². The quantitative estimate of drug-likeness (QED) is 0.0530. The molecule has 3 aromatic rings. The molecule has 0 radical (unpaired) electrons. The third kappa shape index (κ3) is 6.74. The van der Waals surface area contributed by atoms with Gasteiger partial charge in [0.15, 0.2) is 9.84 Å². The van der Waals surface area contributed by atoms with Crippen molar-refractivity contribution in [2.45, 2.75) is 9.79 Å². The first-order valence-electron chi connectivity index (χ1n) is 9.78. The van der Waals surface area contributed by atoms with Crippen LogP contribution in [0.2, 0.25) is 0 Å². The van der Waals surface area contributed by atoms with E-state index in [1.54, 1.807) is 30.3 Å². The lowest BCUT2D eigenvalue weighted by Crippen LogP contribution is -2.03. The summed E-state index contributed by atoms with van der Waals surface area (Å²) in [5.74, 6) is -1.56. The number of aromatic carboxylic acids is 1. The van der Waals surface area contributed by atoms with Crippen LogP contribution in [0.5, 0.6) is 5.75 Å². The Morgan fingerprint density at radius 3 is 2.50 bits per heavy atom. The van der Waals surface area contributed by atoms with Crippen molar-refractivity contribution in [1.29, 1.82) is 0 Å². The zero-order chi connectivity index (χ0) is 26.1. The number of anilines is 1. The van der Waals surface area contributed by atoms with E-state index < -0.39 is 15.8 Å². The molecule has 14 heteroatoms. The molecule has 4 N–H and O–H groups in total. The summed E-state index contributed by atoms with van der Waals surface area (Å²) in [5, 5.41) is 44.5. The van der Waals surface area contributed by atoms with Crippen molar-refractivity contribution in [1.82, 2.24) is 0 Å². The van der Waals surface area contributed by atoms with E-state index in [0.29, 0.717) is 22.5 Å². The molecule has 0 unspecified atom stereocenters. The lowest BCUT2D eigenvalue weighted by Gasteiger charge is -2.08. The van der Waals surface area contributed by atoms with Crippen LogP contribution in [-0.2, 0) is 19.2 Å². The first kappa shape index (κ1) is 26.5. The van der Waals surface area contributed by atoms with Crippen LogP contribution in [0.15, 0.2) is 104 Å². The fourth-order valence-electron chi connectivity index (χ4n) is 2.71. The van der Waals surface area contributed by atoms with Gasteiger partial charge >= 0.3 is 5.97 Å². The summed E-state index contributed by atoms with van der Waals surface area (Å²) >= 11 is 0.607. The molecule has 0 aliphatic rings. The van der Waals surface area contributed by atoms with Crippen LogP contribution < -0.4 is 5.43 Å². The maximum absolute atomic E-state index is 12.1. The van der Waals surface area contributed by atoms with E-state index in [9.17, 15) is 23.4 Å². The number of nitrogens with zero attached hydrogens (tertiary/aromatic N) is 3. The number of sulfone groups is 1. The largest absolute Gasteiger partial charge is 0.506 e. The lowest BCUT2D eigenvalue weighted by atomic mass is 10.2. The number of phenolic OH excluding ortho intramolecular Hbond substituents is 1. The molecule has 3 aromatic carbocycles. The molecule has 186 valence electrons. The van der Waals surface area contributed by atoms with Crippen LogP contribution in [0.25, 0.3) is 0 Å². The Kier molecular flexibility index (Phi) is 8.88. The lowest BCUT2D eigenvalue weighted by molar-refractivity contribution is -0.432. The van der Waals surface area contributed by atoms with Gasteiger partial charge in [-0.25, -0.2) is 18.5 Å². The standard InChI is InChI=1S/C22H18N4O8S2/c1-2-36(31,32)16-9-11-20(27)19(13-16)24-26-21(14-6-4-3-5-7-14)25-23-18-12-15(35-34-33-30)8-10-17(18)22(28)29/h2-13,24,27,30H,1H2,(H,28,29). The van der Waals surface area contributed by atoms with Crippen molar-refractivity contribution < 1.29 is 38.1 Å². The second-order valence-corrected chi connectivity index (χ2v) is 9.38. The average molecular weight is 531 g/mol. The number of phenols is 1. The fourth-order valence-corrected chi connectivity index (χ4v) is 3.83. The van der Waals surface area contributed by atoms with Gasteiger partial charge < -0.3 is 10.2 Å². The molecule has 0 fully saturated rings.